The van der Waals surface area contributed by atoms with Gasteiger partial charge in [0.2, 0.25) is 11.2 Å². The fourth-order valence-electron chi connectivity index (χ4n) is 2.81. The quantitative estimate of drug-likeness (QED) is 0.352. The molecular formula is C18H14NS+. The van der Waals surface area contributed by atoms with Gasteiger partial charge in [0.1, 0.15) is 0 Å². The Hall–Kier alpha value is -2.19. The molecule has 0 fully saturated rings. The Bertz CT molecular complexity index is 907. The fraction of sp³-hybridized carbons (Fsp3) is 0.0556. The van der Waals surface area contributed by atoms with Gasteiger partial charge in [0, 0.05) is 5.56 Å². The first-order valence-electron chi connectivity index (χ1n) is 6.69. The van der Waals surface area contributed by atoms with Gasteiger partial charge < -0.3 is 0 Å². The lowest BCUT2D eigenvalue weighted by Gasteiger charge is -2.06. The first kappa shape index (κ1) is 11.6. The van der Waals surface area contributed by atoms with Gasteiger partial charge in [-0.05, 0) is 35.2 Å². The van der Waals surface area contributed by atoms with Crippen LogP contribution in [0.2, 0.25) is 0 Å². The van der Waals surface area contributed by atoms with Crippen LogP contribution in [0.4, 0.5) is 0 Å². The van der Waals surface area contributed by atoms with E-state index >= 15 is 0 Å². The SMILES string of the molecule is Cc1ccc2cc3ccccc3cc2c1-[n+]1ccsc1. The largest absolute Gasteiger partial charge is 0.230 e. The highest BCUT2D eigenvalue weighted by Gasteiger charge is 2.15. The number of aromatic nitrogens is 1. The summed E-state index contributed by atoms with van der Waals surface area (Å²) in [6.07, 6.45) is 2.13. The van der Waals surface area contributed by atoms with Crippen molar-refractivity contribution in [3.63, 3.8) is 0 Å². The number of hydrogen-bond donors (Lipinski definition) is 0. The molecule has 0 saturated heterocycles. The van der Waals surface area contributed by atoms with Crippen LogP contribution in [0, 0.1) is 6.92 Å². The van der Waals surface area contributed by atoms with Gasteiger partial charge >= 0.3 is 0 Å². The highest BCUT2D eigenvalue weighted by molar-refractivity contribution is 7.07. The minimum Gasteiger partial charge on any atom is -0.156 e. The molecule has 20 heavy (non-hydrogen) atoms. The summed E-state index contributed by atoms with van der Waals surface area (Å²) in [4.78, 5) is 0. The predicted molar refractivity (Wildman–Crippen MR) is 85.6 cm³/mol. The molecule has 3 aromatic carbocycles. The highest BCUT2D eigenvalue weighted by atomic mass is 32.1. The third-order valence-electron chi connectivity index (χ3n) is 3.79. The van der Waals surface area contributed by atoms with Crippen LogP contribution in [0.5, 0.6) is 0 Å². The predicted octanol–water partition coefficient (Wildman–Crippen LogP) is 4.64. The Morgan fingerprint density at radius 1 is 0.900 bits per heavy atom. The molecule has 1 nitrogen and oxygen atoms in total. The van der Waals surface area contributed by atoms with Crippen molar-refractivity contribution in [1.82, 2.24) is 0 Å². The molecule has 0 atom stereocenters. The number of nitrogens with zero attached hydrogens (tertiary/aromatic N) is 1. The Morgan fingerprint density at radius 2 is 1.70 bits per heavy atom. The van der Waals surface area contributed by atoms with E-state index in [2.05, 4.69) is 77.1 Å². The van der Waals surface area contributed by atoms with Crippen LogP contribution in [-0.4, -0.2) is 0 Å². The van der Waals surface area contributed by atoms with Gasteiger partial charge in [-0.15, -0.1) is 0 Å². The molecule has 4 rings (SSSR count). The smallest absolute Gasteiger partial charge is 0.156 e. The summed E-state index contributed by atoms with van der Waals surface area (Å²) in [5.41, 5.74) is 4.74. The van der Waals surface area contributed by atoms with Gasteiger partial charge in [0.25, 0.3) is 0 Å². The van der Waals surface area contributed by atoms with Crippen molar-refractivity contribution in [2.45, 2.75) is 6.92 Å². The van der Waals surface area contributed by atoms with Crippen molar-refractivity contribution in [2.24, 2.45) is 0 Å². The lowest BCUT2D eigenvalue weighted by atomic mass is 10.00. The Kier molecular flexibility index (Phi) is 2.57. The minimum atomic E-state index is 1.29. The maximum atomic E-state index is 2.30. The average Bonchev–Trinajstić information content (AvgIpc) is 2.99. The van der Waals surface area contributed by atoms with Crippen molar-refractivity contribution in [2.75, 3.05) is 0 Å². The molecule has 1 heterocycles. The second-order valence-electron chi connectivity index (χ2n) is 5.09. The van der Waals surface area contributed by atoms with Crippen molar-refractivity contribution in [1.29, 1.82) is 0 Å². The van der Waals surface area contributed by atoms with E-state index in [1.807, 2.05) is 0 Å². The average molecular weight is 276 g/mol. The zero-order valence-corrected chi connectivity index (χ0v) is 12.0. The van der Waals surface area contributed by atoms with Crippen LogP contribution in [0.1, 0.15) is 5.56 Å². The molecule has 1 aromatic heterocycles. The fourth-order valence-corrected chi connectivity index (χ4v) is 3.39. The molecule has 96 valence electrons. The van der Waals surface area contributed by atoms with Crippen molar-refractivity contribution in [3.05, 3.63) is 71.2 Å². The molecule has 0 bridgehead atoms. The van der Waals surface area contributed by atoms with Crippen molar-refractivity contribution < 1.29 is 4.57 Å². The number of thiazole rings is 1. The lowest BCUT2D eigenvalue weighted by Crippen LogP contribution is -2.28. The minimum absolute atomic E-state index is 1.29. The van der Waals surface area contributed by atoms with Crippen molar-refractivity contribution in [3.8, 4) is 5.69 Å². The Morgan fingerprint density at radius 3 is 2.45 bits per heavy atom. The summed E-state index contributed by atoms with van der Waals surface area (Å²) in [6, 6.07) is 17.5. The van der Waals surface area contributed by atoms with E-state index in [0.29, 0.717) is 0 Å². The number of hydrogen-bond acceptors (Lipinski definition) is 1. The third kappa shape index (κ3) is 1.73. The molecule has 0 amide bonds. The Labute approximate surface area is 121 Å². The molecule has 0 aliphatic heterocycles. The van der Waals surface area contributed by atoms with Gasteiger partial charge in [-0.1, -0.05) is 47.7 Å². The molecule has 0 aliphatic rings. The van der Waals surface area contributed by atoms with E-state index in [0.717, 1.165) is 0 Å². The Balaban J connectivity index is 2.16. The van der Waals surface area contributed by atoms with Crippen LogP contribution < -0.4 is 4.57 Å². The molecule has 0 unspecified atom stereocenters. The van der Waals surface area contributed by atoms with Crippen LogP contribution in [0.3, 0.4) is 0 Å². The number of aryl methyl sites for hydroxylation is 1. The van der Waals surface area contributed by atoms with Crippen LogP contribution in [-0.2, 0) is 0 Å². The maximum absolute atomic E-state index is 2.30. The van der Waals surface area contributed by atoms with Crippen molar-refractivity contribution >= 4 is 32.9 Å². The highest BCUT2D eigenvalue weighted by Crippen LogP contribution is 2.27. The van der Waals surface area contributed by atoms with Gasteiger partial charge in [-0.25, -0.2) is 0 Å². The molecule has 0 spiro atoms. The van der Waals surface area contributed by atoms with E-state index in [1.165, 1.54) is 32.8 Å². The number of rotatable bonds is 1. The zero-order chi connectivity index (χ0) is 13.5. The summed E-state index contributed by atoms with van der Waals surface area (Å²) < 4.78 is 2.22. The standard InChI is InChI=1S/C18H14NS/c1-13-6-7-16-10-14-4-2-3-5-15(14)11-17(16)18(13)19-8-9-20-12-19/h2-12H,1H3/q+1. The van der Waals surface area contributed by atoms with E-state index in [1.54, 1.807) is 11.3 Å². The summed E-state index contributed by atoms with van der Waals surface area (Å²) >= 11 is 1.72. The normalized spacial score (nSPS) is 11.2. The zero-order valence-electron chi connectivity index (χ0n) is 11.2. The molecule has 0 aliphatic carbocycles. The summed E-state index contributed by atoms with van der Waals surface area (Å²) in [5.74, 6) is 0. The van der Waals surface area contributed by atoms with E-state index in [4.69, 9.17) is 0 Å². The van der Waals surface area contributed by atoms with Gasteiger partial charge in [-0.2, -0.15) is 4.57 Å². The van der Waals surface area contributed by atoms with E-state index < -0.39 is 0 Å². The van der Waals surface area contributed by atoms with Gasteiger partial charge in [0.15, 0.2) is 6.20 Å². The van der Waals surface area contributed by atoms with Gasteiger partial charge in [0.05, 0.1) is 10.8 Å². The second-order valence-corrected chi connectivity index (χ2v) is 5.84. The molecule has 4 aromatic rings. The molecule has 2 heteroatoms. The molecule has 0 saturated carbocycles. The number of benzene rings is 3. The monoisotopic (exact) mass is 276 g/mol. The molecule has 0 radical (unpaired) electrons. The third-order valence-corrected chi connectivity index (χ3v) is 4.42. The number of fused-ring (bicyclic) bond motifs is 2. The second kappa shape index (κ2) is 4.43. The first-order valence-corrected chi connectivity index (χ1v) is 7.63. The van der Waals surface area contributed by atoms with Crippen LogP contribution >= 0.6 is 11.3 Å². The van der Waals surface area contributed by atoms with Crippen LogP contribution in [0.25, 0.3) is 27.2 Å². The van der Waals surface area contributed by atoms with E-state index in [9.17, 15) is 0 Å². The summed E-state index contributed by atoms with van der Waals surface area (Å²) in [6.45, 7) is 2.18. The maximum Gasteiger partial charge on any atom is 0.230 e. The topological polar surface area (TPSA) is 3.88 Å². The lowest BCUT2D eigenvalue weighted by molar-refractivity contribution is -0.588. The molecular weight excluding hydrogens is 262 g/mol. The summed E-state index contributed by atoms with van der Waals surface area (Å²) in [7, 11) is 0. The molecule has 0 N–H and O–H groups in total. The first-order chi connectivity index (χ1) is 9.83. The summed E-state index contributed by atoms with van der Waals surface area (Å²) in [5, 5.41) is 7.31. The van der Waals surface area contributed by atoms with E-state index in [-0.39, 0.29) is 0 Å². The van der Waals surface area contributed by atoms with Gasteiger partial charge in [-0.3, -0.25) is 0 Å². The van der Waals surface area contributed by atoms with Crippen LogP contribution in [0.15, 0.2) is 65.6 Å².